The molecule has 3 rings (SSSR count). The SMILES string of the molecule is C1=C(N2CCCC2)C(c2ccccc2)CCC1. The van der Waals surface area contributed by atoms with Gasteiger partial charge in [-0.2, -0.15) is 0 Å². The van der Waals surface area contributed by atoms with Gasteiger partial charge in [0.05, 0.1) is 0 Å². The average Bonchev–Trinajstić information content (AvgIpc) is 2.94. The van der Waals surface area contributed by atoms with Crippen LogP contribution in [0.3, 0.4) is 0 Å². The van der Waals surface area contributed by atoms with Crippen LogP contribution >= 0.6 is 0 Å². The van der Waals surface area contributed by atoms with E-state index in [1.807, 2.05) is 0 Å². The fraction of sp³-hybridized carbons (Fsp3) is 0.500. The highest BCUT2D eigenvalue weighted by Gasteiger charge is 2.25. The fourth-order valence-electron chi connectivity index (χ4n) is 3.21. The summed E-state index contributed by atoms with van der Waals surface area (Å²) < 4.78 is 0. The van der Waals surface area contributed by atoms with Gasteiger partial charge in [-0.05, 0) is 37.7 Å². The number of likely N-dealkylation sites (tertiary alicyclic amines) is 1. The molecule has 0 saturated carbocycles. The molecule has 0 aromatic heterocycles. The lowest BCUT2D eigenvalue weighted by atomic mass is 9.85. The Morgan fingerprint density at radius 1 is 0.941 bits per heavy atom. The summed E-state index contributed by atoms with van der Waals surface area (Å²) in [6, 6.07) is 11.0. The number of rotatable bonds is 2. The summed E-state index contributed by atoms with van der Waals surface area (Å²) in [4.78, 5) is 2.62. The molecule has 1 nitrogen and oxygen atoms in total. The van der Waals surface area contributed by atoms with Crippen LogP contribution in [0, 0.1) is 0 Å². The van der Waals surface area contributed by atoms with Gasteiger partial charge in [-0.1, -0.05) is 36.4 Å². The third kappa shape index (κ3) is 2.24. The molecule has 1 fully saturated rings. The maximum Gasteiger partial charge on any atom is 0.0236 e. The first kappa shape index (κ1) is 10.9. The van der Waals surface area contributed by atoms with Crippen molar-refractivity contribution < 1.29 is 0 Å². The van der Waals surface area contributed by atoms with Crippen molar-refractivity contribution in [3.8, 4) is 0 Å². The second-order valence-corrected chi connectivity index (χ2v) is 5.22. The zero-order valence-electron chi connectivity index (χ0n) is 10.4. The monoisotopic (exact) mass is 227 g/mol. The van der Waals surface area contributed by atoms with Crippen molar-refractivity contribution >= 4 is 0 Å². The zero-order valence-corrected chi connectivity index (χ0v) is 10.4. The van der Waals surface area contributed by atoms with Crippen LogP contribution in [0.5, 0.6) is 0 Å². The van der Waals surface area contributed by atoms with Crippen LogP contribution in [0.25, 0.3) is 0 Å². The molecule has 90 valence electrons. The van der Waals surface area contributed by atoms with E-state index in [1.165, 1.54) is 50.8 Å². The molecule has 1 aliphatic heterocycles. The third-order valence-corrected chi connectivity index (χ3v) is 4.08. The van der Waals surface area contributed by atoms with E-state index >= 15 is 0 Å². The summed E-state index contributed by atoms with van der Waals surface area (Å²) in [6.07, 6.45) is 9.18. The van der Waals surface area contributed by atoms with Gasteiger partial charge in [-0.25, -0.2) is 0 Å². The standard InChI is InChI=1S/C16H21N/c1-2-8-14(9-3-1)15-10-4-5-11-16(15)17-12-6-7-13-17/h1-3,8-9,11,15H,4-7,10,12-13H2. The fourth-order valence-corrected chi connectivity index (χ4v) is 3.21. The number of allylic oxidation sites excluding steroid dienone is 2. The Bertz CT molecular complexity index is 387. The lowest BCUT2D eigenvalue weighted by Gasteiger charge is -2.32. The summed E-state index contributed by atoms with van der Waals surface area (Å²) in [6.45, 7) is 2.55. The van der Waals surface area contributed by atoms with Crippen molar-refractivity contribution in [2.75, 3.05) is 13.1 Å². The van der Waals surface area contributed by atoms with E-state index in [-0.39, 0.29) is 0 Å². The Morgan fingerprint density at radius 3 is 2.47 bits per heavy atom. The van der Waals surface area contributed by atoms with Gasteiger partial charge in [0, 0.05) is 24.7 Å². The summed E-state index contributed by atoms with van der Waals surface area (Å²) >= 11 is 0. The van der Waals surface area contributed by atoms with Gasteiger partial charge < -0.3 is 4.90 Å². The summed E-state index contributed by atoms with van der Waals surface area (Å²) in [5.41, 5.74) is 3.12. The van der Waals surface area contributed by atoms with Crippen LogP contribution in [-0.2, 0) is 0 Å². The summed E-state index contributed by atoms with van der Waals surface area (Å²) in [5, 5.41) is 0. The van der Waals surface area contributed by atoms with E-state index in [2.05, 4.69) is 41.3 Å². The van der Waals surface area contributed by atoms with E-state index in [1.54, 1.807) is 5.70 Å². The lowest BCUT2D eigenvalue weighted by Crippen LogP contribution is -2.25. The maximum absolute atomic E-state index is 2.62. The molecule has 0 N–H and O–H groups in total. The van der Waals surface area contributed by atoms with Crippen molar-refractivity contribution in [2.24, 2.45) is 0 Å². The van der Waals surface area contributed by atoms with Crippen LogP contribution in [0.1, 0.15) is 43.6 Å². The molecular weight excluding hydrogens is 206 g/mol. The highest BCUT2D eigenvalue weighted by molar-refractivity contribution is 5.30. The molecule has 1 heteroatoms. The smallest absolute Gasteiger partial charge is 0.0236 e. The van der Waals surface area contributed by atoms with Crippen LogP contribution in [0.4, 0.5) is 0 Å². The molecule has 0 bridgehead atoms. The molecular formula is C16H21N. The Hall–Kier alpha value is -1.24. The minimum atomic E-state index is 0.656. The van der Waals surface area contributed by atoms with Gasteiger partial charge in [0.25, 0.3) is 0 Å². The Kier molecular flexibility index (Phi) is 3.17. The molecule has 1 aromatic carbocycles. The summed E-state index contributed by atoms with van der Waals surface area (Å²) in [5.74, 6) is 0.656. The van der Waals surface area contributed by atoms with Gasteiger partial charge in [0.1, 0.15) is 0 Å². The van der Waals surface area contributed by atoms with Gasteiger partial charge in [0.2, 0.25) is 0 Å². The van der Waals surface area contributed by atoms with Crippen LogP contribution in [0.2, 0.25) is 0 Å². The molecule has 0 amide bonds. The molecule has 2 aliphatic rings. The predicted molar refractivity (Wildman–Crippen MR) is 71.9 cm³/mol. The minimum Gasteiger partial charge on any atom is -0.375 e. The second kappa shape index (κ2) is 4.95. The van der Waals surface area contributed by atoms with E-state index in [0.29, 0.717) is 5.92 Å². The molecule has 1 saturated heterocycles. The average molecular weight is 227 g/mol. The van der Waals surface area contributed by atoms with Crippen molar-refractivity contribution in [1.29, 1.82) is 0 Å². The Balaban J connectivity index is 1.87. The van der Waals surface area contributed by atoms with Crippen LogP contribution in [-0.4, -0.2) is 18.0 Å². The molecule has 17 heavy (non-hydrogen) atoms. The molecule has 1 aliphatic carbocycles. The van der Waals surface area contributed by atoms with Crippen molar-refractivity contribution in [3.63, 3.8) is 0 Å². The first-order valence-electron chi connectivity index (χ1n) is 6.95. The second-order valence-electron chi connectivity index (χ2n) is 5.22. The van der Waals surface area contributed by atoms with Gasteiger partial charge in [0.15, 0.2) is 0 Å². The first-order chi connectivity index (χ1) is 8.45. The normalized spacial score (nSPS) is 24.8. The molecule has 0 radical (unpaired) electrons. The van der Waals surface area contributed by atoms with Gasteiger partial charge in [-0.15, -0.1) is 0 Å². The largest absolute Gasteiger partial charge is 0.375 e. The first-order valence-corrected chi connectivity index (χ1v) is 6.95. The molecule has 1 unspecified atom stereocenters. The van der Waals surface area contributed by atoms with Gasteiger partial charge in [-0.3, -0.25) is 0 Å². The molecule has 1 atom stereocenters. The van der Waals surface area contributed by atoms with Crippen molar-refractivity contribution in [1.82, 2.24) is 4.90 Å². The lowest BCUT2D eigenvalue weighted by molar-refractivity contribution is 0.370. The predicted octanol–water partition coefficient (Wildman–Crippen LogP) is 3.93. The van der Waals surface area contributed by atoms with E-state index in [9.17, 15) is 0 Å². The van der Waals surface area contributed by atoms with Crippen molar-refractivity contribution in [2.45, 2.75) is 38.0 Å². The number of hydrogen-bond acceptors (Lipinski definition) is 1. The molecule has 1 aromatic rings. The zero-order chi connectivity index (χ0) is 11.5. The Morgan fingerprint density at radius 2 is 1.71 bits per heavy atom. The van der Waals surface area contributed by atoms with Crippen LogP contribution in [0.15, 0.2) is 42.1 Å². The Labute approximate surface area is 104 Å². The quantitative estimate of drug-likeness (QED) is 0.740. The highest BCUT2D eigenvalue weighted by Crippen LogP contribution is 2.37. The van der Waals surface area contributed by atoms with Crippen molar-refractivity contribution in [3.05, 3.63) is 47.7 Å². The number of nitrogens with zero attached hydrogens (tertiary/aromatic N) is 1. The number of hydrogen-bond donors (Lipinski definition) is 0. The number of benzene rings is 1. The van der Waals surface area contributed by atoms with Gasteiger partial charge >= 0.3 is 0 Å². The highest BCUT2D eigenvalue weighted by atomic mass is 15.2. The summed E-state index contributed by atoms with van der Waals surface area (Å²) in [7, 11) is 0. The third-order valence-electron chi connectivity index (χ3n) is 4.08. The minimum absolute atomic E-state index is 0.656. The van der Waals surface area contributed by atoms with E-state index < -0.39 is 0 Å². The molecule has 1 heterocycles. The van der Waals surface area contributed by atoms with E-state index in [4.69, 9.17) is 0 Å². The van der Waals surface area contributed by atoms with Crippen LogP contribution < -0.4 is 0 Å². The topological polar surface area (TPSA) is 3.24 Å². The van der Waals surface area contributed by atoms with E-state index in [0.717, 1.165) is 0 Å². The maximum atomic E-state index is 2.62. The molecule has 0 spiro atoms.